The van der Waals surface area contributed by atoms with Gasteiger partial charge in [0, 0.05) is 6.21 Å². The molecule has 0 radical (unpaired) electrons. The summed E-state index contributed by atoms with van der Waals surface area (Å²) in [4.78, 5) is 4.37. The number of nitrogens with zero attached hydrogens (tertiary/aromatic N) is 2. The van der Waals surface area contributed by atoms with Crippen molar-refractivity contribution in [1.82, 2.24) is 0 Å². The third kappa shape index (κ3) is 2.79. The molecule has 0 aliphatic rings. The van der Waals surface area contributed by atoms with Crippen molar-refractivity contribution in [2.24, 2.45) is 4.99 Å². The topological polar surface area (TPSA) is 36.1 Å². The molecule has 0 saturated heterocycles. The molecule has 0 aromatic heterocycles. The van der Waals surface area contributed by atoms with Gasteiger partial charge in [-0.2, -0.15) is 5.26 Å². The smallest absolute Gasteiger partial charge is 0.0992 e. The van der Waals surface area contributed by atoms with Gasteiger partial charge >= 0.3 is 0 Å². The van der Waals surface area contributed by atoms with Crippen molar-refractivity contribution in [3.63, 3.8) is 0 Å². The van der Waals surface area contributed by atoms with Crippen LogP contribution in [0.15, 0.2) is 53.5 Å². The lowest BCUT2D eigenvalue weighted by molar-refractivity contribution is 1.43. The van der Waals surface area contributed by atoms with Crippen LogP contribution in [0.3, 0.4) is 0 Å². The number of nitriles is 1. The second kappa shape index (κ2) is 5.09. The molecule has 0 spiro atoms. The summed E-state index contributed by atoms with van der Waals surface area (Å²) in [6.45, 7) is 2.05. The van der Waals surface area contributed by atoms with Crippen LogP contribution in [0.25, 0.3) is 0 Å². The number of benzene rings is 2. The molecule has 0 aliphatic heterocycles. The summed E-state index contributed by atoms with van der Waals surface area (Å²) >= 11 is 0. The second-order valence-electron chi connectivity index (χ2n) is 3.78. The zero-order chi connectivity index (χ0) is 12.1. The lowest BCUT2D eigenvalue weighted by Crippen LogP contribution is -1.84. The minimum Gasteiger partial charge on any atom is -0.256 e. The fourth-order valence-electron chi connectivity index (χ4n) is 1.53. The maximum Gasteiger partial charge on any atom is 0.0992 e. The summed E-state index contributed by atoms with van der Waals surface area (Å²) in [5, 5.41) is 8.79. The van der Waals surface area contributed by atoms with Crippen molar-refractivity contribution in [2.45, 2.75) is 6.92 Å². The second-order valence-corrected chi connectivity index (χ2v) is 3.78. The van der Waals surface area contributed by atoms with E-state index in [1.165, 1.54) is 5.56 Å². The quantitative estimate of drug-likeness (QED) is 0.712. The van der Waals surface area contributed by atoms with Crippen LogP contribution >= 0.6 is 0 Å². The molecule has 2 heteroatoms. The van der Waals surface area contributed by atoms with E-state index in [4.69, 9.17) is 5.26 Å². The molecule has 0 heterocycles. The van der Waals surface area contributed by atoms with E-state index in [-0.39, 0.29) is 0 Å². The van der Waals surface area contributed by atoms with Gasteiger partial charge < -0.3 is 0 Å². The van der Waals surface area contributed by atoms with E-state index in [9.17, 15) is 0 Å². The number of rotatable bonds is 2. The Hall–Kier alpha value is -2.40. The first kappa shape index (κ1) is 11.1. The Morgan fingerprint density at radius 3 is 2.71 bits per heavy atom. The third-order valence-corrected chi connectivity index (χ3v) is 2.52. The lowest BCUT2D eigenvalue weighted by atomic mass is 10.1. The molecular weight excluding hydrogens is 208 g/mol. The largest absolute Gasteiger partial charge is 0.256 e. The summed E-state index contributed by atoms with van der Waals surface area (Å²) in [5.41, 5.74) is 3.71. The van der Waals surface area contributed by atoms with Crippen molar-refractivity contribution >= 4 is 11.9 Å². The predicted octanol–water partition coefficient (Wildman–Crippen LogP) is 3.62. The zero-order valence-corrected chi connectivity index (χ0v) is 9.59. The van der Waals surface area contributed by atoms with Gasteiger partial charge in [-0.3, -0.25) is 4.99 Å². The summed E-state index contributed by atoms with van der Waals surface area (Å²) < 4.78 is 0. The molecule has 0 amide bonds. The Kier molecular flexibility index (Phi) is 3.32. The first-order chi connectivity index (χ1) is 8.29. The van der Waals surface area contributed by atoms with Gasteiger partial charge in [0.25, 0.3) is 0 Å². The highest BCUT2D eigenvalue weighted by molar-refractivity contribution is 5.83. The van der Waals surface area contributed by atoms with Gasteiger partial charge in [-0.1, -0.05) is 30.3 Å². The van der Waals surface area contributed by atoms with Crippen molar-refractivity contribution in [3.8, 4) is 6.07 Å². The summed E-state index contributed by atoms with van der Waals surface area (Å²) in [6, 6.07) is 17.4. The summed E-state index contributed by atoms with van der Waals surface area (Å²) in [6.07, 6.45) is 1.83. The molecular formula is C15H12N2. The van der Waals surface area contributed by atoms with Crippen LogP contribution in [-0.2, 0) is 0 Å². The zero-order valence-electron chi connectivity index (χ0n) is 9.59. The van der Waals surface area contributed by atoms with E-state index in [1.807, 2.05) is 49.5 Å². The van der Waals surface area contributed by atoms with Gasteiger partial charge in [0.05, 0.1) is 17.3 Å². The normalized spacial score (nSPS) is 10.4. The van der Waals surface area contributed by atoms with Gasteiger partial charge in [0.2, 0.25) is 0 Å². The SMILES string of the molecule is Cc1ccccc1/C=N/c1cccc(C#N)c1. The van der Waals surface area contributed by atoms with E-state index < -0.39 is 0 Å². The average molecular weight is 220 g/mol. The van der Waals surface area contributed by atoms with Crippen molar-refractivity contribution in [3.05, 3.63) is 65.2 Å². The van der Waals surface area contributed by atoms with Gasteiger partial charge in [-0.05, 0) is 36.2 Å². The van der Waals surface area contributed by atoms with E-state index >= 15 is 0 Å². The number of aliphatic imine (C=N–C) groups is 1. The van der Waals surface area contributed by atoms with Crippen molar-refractivity contribution in [1.29, 1.82) is 5.26 Å². The van der Waals surface area contributed by atoms with Crippen LogP contribution in [0.5, 0.6) is 0 Å². The predicted molar refractivity (Wildman–Crippen MR) is 69.6 cm³/mol. The Bertz CT molecular complexity index is 592. The summed E-state index contributed by atoms with van der Waals surface area (Å²) in [7, 11) is 0. The first-order valence-corrected chi connectivity index (χ1v) is 5.39. The van der Waals surface area contributed by atoms with Gasteiger partial charge in [-0.15, -0.1) is 0 Å². The lowest BCUT2D eigenvalue weighted by Gasteiger charge is -1.98. The van der Waals surface area contributed by atoms with Crippen LogP contribution < -0.4 is 0 Å². The minimum atomic E-state index is 0.629. The highest BCUT2D eigenvalue weighted by atomic mass is 14.7. The molecule has 17 heavy (non-hydrogen) atoms. The van der Waals surface area contributed by atoms with E-state index in [0.717, 1.165) is 11.3 Å². The van der Waals surface area contributed by atoms with Crippen molar-refractivity contribution in [2.75, 3.05) is 0 Å². The number of hydrogen-bond acceptors (Lipinski definition) is 2. The third-order valence-electron chi connectivity index (χ3n) is 2.52. The Morgan fingerprint density at radius 1 is 1.12 bits per heavy atom. The molecule has 2 rings (SSSR count). The molecule has 2 aromatic carbocycles. The first-order valence-electron chi connectivity index (χ1n) is 5.39. The molecule has 82 valence electrons. The van der Waals surface area contributed by atoms with Gasteiger partial charge in [-0.25, -0.2) is 0 Å². The standard InChI is InChI=1S/C15H12N2/c1-12-5-2-3-7-14(12)11-17-15-8-4-6-13(9-15)10-16/h2-9,11H,1H3/b17-11+. The van der Waals surface area contributed by atoms with Crippen LogP contribution in [0, 0.1) is 18.3 Å². The molecule has 0 unspecified atom stereocenters. The molecule has 2 nitrogen and oxygen atoms in total. The number of hydrogen-bond donors (Lipinski definition) is 0. The Morgan fingerprint density at radius 2 is 1.94 bits per heavy atom. The van der Waals surface area contributed by atoms with Gasteiger partial charge in [0.15, 0.2) is 0 Å². The highest BCUT2D eigenvalue weighted by Crippen LogP contribution is 2.14. The molecule has 0 bridgehead atoms. The molecule has 0 aliphatic carbocycles. The van der Waals surface area contributed by atoms with E-state index in [1.54, 1.807) is 12.1 Å². The van der Waals surface area contributed by atoms with E-state index in [2.05, 4.69) is 11.1 Å². The Balaban J connectivity index is 2.27. The number of aryl methyl sites for hydroxylation is 1. The Labute approximate surface area is 101 Å². The molecule has 0 fully saturated rings. The molecule has 0 N–H and O–H groups in total. The minimum absolute atomic E-state index is 0.629. The monoisotopic (exact) mass is 220 g/mol. The van der Waals surface area contributed by atoms with Crippen LogP contribution in [0.4, 0.5) is 5.69 Å². The van der Waals surface area contributed by atoms with Crippen LogP contribution in [-0.4, -0.2) is 6.21 Å². The average Bonchev–Trinajstić information content (AvgIpc) is 2.38. The maximum atomic E-state index is 8.79. The molecule has 0 atom stereocenters. The fraction of sp³-hybridized carbons (Fsp3) is 0.0667. The molecule has 2 aromatic rings. The van der Waals surface area contributed by atoms with E-state index in [0.29, 0.717) is 5.56 Å². The maximum absolute atomic E-state index is 8.79. The van der Waals surface area contributed by atoms with Crippen LogP contribution in [0.2, 0.25) is 0 Å². The van der Waals surface area contributed by atoms with Gasteiger partial charge in [0.1, 0.15) is 0 Å². The van der Waals surface area contributed by atoms with Crippen LogP contribution in [0.1, 0.15) is 16.7 Å². The highest BCUT2D eigenvalue weighted by Gasteiger charge is 1.94. The molecule has 0 saturated carbocycles. The summed E-state index contributed by atoms with van der Waals surface area (Å²) in [5.74, 6) is 0. The fourth-order valence-corrected chi connectivity index (χ4v) is 1.53. The van der Waals surface area contributed by atoms with Crippen molar-refractivity contribution < 1.29 is 0 Å².